The molecule has 1 aromatic carbocycles. The Kier molecular flexibility index (Phi) is 7.37. The summed E-state index contributed by atoms with van der Waals surface area (Å²) in [4.78, 5) is 30.7. The lowest BCUT2D eigenvalue weighted by molar-refractivity contribution is -0.244. The quantitative estimate of drug-likeness (QED) is 0.511. The van der Waals surface area contributed by atoms with Crippen molar-refractivity contribution in [1.29, 1.82) is 0 Å². The molecule has 0 unspecified atom stereocenters. The summed E-state index contributed by atoms with van der Waals surface area (Å²) in [5.74, 6) is -0.305. The van der Waals surface area contributed by atoms with Crippen LogP contribution in [0.3, 0.4) is 0 Å². The van der Waals surface area contributed by atoms with Crippen molar-refractivity contribution in [3.63, 3.8) is 0 Å². The molecule has 0 aliphatic carbocycles. The highest BCUT2D eigenvalue weighted by Crippen LogP contribution is 2.37. The second-order valence-electron chi connectivity index (χ2n) is 10.2. The van der Waals surface area contributed by atoms with Crippen molar-refractivity contribution >= 4 is 20.3 Å². The monoisotopic (exact) mass is 436 g/mol. The zero-order chi connectivity index (χ0) is 22.7. The van der Waals surface area contributed by atoms with Crippen LogP contribution in [-0.4, -0.2) is 49.7 Å². The molecular weight excluding hydrogens is 400 g/mol. The molecule has 168 valence electrons. The van der Waals surface area contributed by atoms with E-state index in [1.165, 1.54) is 5.06 Å². The number of carbonyl (C=O) groups excluding carboxylic acids is 2. The third kappa shape index (κ3) is 6.30. The molecule has 0 aromatic heterocycles. The van der Waals surface area contributed by atoms with E-state index in [-0.39, 0.29) is 24.2 Å². The number of amides is 2. The van der Waals surface area contributed by atoms with E-state index in [2.05, 4.69) is 39.2 Å². The van der Waals surface area contributed by atoms with Crippen LogP contribution in [0, 0.1) is 0 Å². The van der Waals surface area contributed by atoms with Crippen LogP contribution in [0.15, 0.2) is 30.3 Å². The normalized spacial score (nSPS) is 20.0. The molecule has 1 aliphatic rings. The smallest absolute Gasteiger partial charge is 0.408 e. The number of alkyl carbamates (subject to hydrolysis) is 1. The average molecular weight is 437 g/mol. The van der Waals surface area contributed by atoms with Gasteiger partial charge in [-0.25, -0.2) is 9.86 Å². The molecule has 1 N–H and O–H groups in total. The van der Waals surface area contributed by atoms with Gasteiger partial charge < -0.3 is 14.5 Å². The fourth-order valence-electron chi connectivity index (χ4n) is 2.66. The number of hydroxylamine groups is 2. The molecule has 7 nitrogen and oxygen atoms in total. The van der Waals surface area contributed by atoms with Crippen molar-refractivity contribution in [1.82, 2.24) is 10.4 Å². The molecule has 2 amide bonds. The van der Waals surface area contributed by atoms with E-state index in [0.29, 0.717) is 0 Å². The molecule has 0 saturated carbocycles. The Labute approximate surface area is 181 Å². The van der Waals surface area contributed by atoms with Gasteiger partial charge in [0.1, 0.15) is 24.3 Å². The van der Waals surface area contributed by atoms with Crippen molar-refractivity contribution < 1.29 is 23.6 Å². The highest BCUT2D eigenvalue weighted by atomic mass is 28.4. The topological polar surface area (TPSA) is 77.1 Å². The van der Waals surface area contributed by atoms with Gasteiger partial charge in [0.25, 0.3) is 5.91 Å². The second kappa shape index (κ2) is 9.07. The number of ether oxygens (including phenoxy) is 1. The fraction of sp³-hybridized carbons (Fsp3) is 0.636. The Morgan fingerprint density at radius 2 is 1.70 bits per heavy atom. The van der Waals surface area contributed by atoms with Crippen molar-refractivity contribution in [3.05, 3.63) is 35.9 Å². The summed E-state index contributed by atoms with van der Waals surface area (Å²) in [5, 5.41) is 4.03. The van der Waals surface area contributed by atoms with E-state index in [9.17, 15) is 9.59 Å². The molecule has 0 radical (unpaired) electrons. The summed E-state index contributed by atoms with van der Waals surface area (Å²) in [6.45, 7) is 16.7. The number of rotatable bonds is 7. The zero-order valence-electron chi connectivity index (χ0n) is 19.4. The van der Waals surface area contributed by atoms with E-state index in [1.807, 2.05) is 30.3 Å². The summed E-state index contributed by atoms with van der Waals surface area (Å²) in [6, 6.07) is 8.48. The SMILES string of the molecule is CC(C)(C)OC(=O)N[C@@H]1C(=O)N(OCc2ccccc2)[C@@H]1CO[Si](C)(C)C(C)(C)C. The van der Waals surface area contributed by atoms with Crippen molar-refractivity contribution in [2.45, 2.75) is 84.0 Å². The van der Waals surface area contributed by atoms with E-state index in [0.717, 1.165) is 5.56 Å². The molecule has 0 bridgehead atoms. The van der Waals surface area contributed by atoms with Crippen molar-refractivity contribution in [3.8, 4) is 0 Å². The lowest BCUT2D eigenvalue weighted by Gasteiger charge is -2.47. The molecule has 2 rings (SSSR count). The van der Waals surface area contributed by atoms with Crippen LogP contribution in [-0.2, 0) is 25.4 Å². The first kappa shape index (κ1) is 24.4. The lowest BCUT2D eigenvalue weighted by Crippen LogP contribution is -2.72. The third-order valence-electron chi connectivity index (χ3n) is 5.48. The van der Waals surface area contributed by atoms with Gasteiger partial charge in [-0.15, -0.1) is 0 Å². The molecule has 1 fully saturated rings. The summed E-state index contributed by atoms with van der Waals surface area (Å²) in [6.07, 6.45) is -0.624. The predicted molar refractivity (Wildman–Crippen MR) is 118 cm³/mol. The first-order chi connectivity index (χ1) is 13.7. The molecule has 30 heavy (non-hydrogen) atoms. The minimum atomic E-state index is -2.03. The first-order valence-corrected chi connectivity index (χ1v) is 13.3. The molecule has 1 saturated heterocycles. The largest absolute Gasteiger partial charge is 0.444 e. The number of hydrogen-bond donors (Lipinski definition) is 1. The van der Waals surface area contributed by atoms with Gasteiger partial charge in [0.2, 0.25) is 0 Å². The van der Waals surface area contributed by atoms with Crippen LogP contribution in [0.1, 0.15) is 47.1 Å². The highest BCUT2D eigenvalue weighted by molar-refractivity contribution is 6.74. The van der Waals surface area contributed by atoms with Crippen molar-refractivity contribution in [2.24, 2.45) is 0 Å². The summed E-state index contributed by atoms with van der Waals surface area (Å²) in [7, 11) is -2.03. The highest BCUT2D eigenvalue weighted by Gasteiger charge is 2.51. The molecule has 2 atom stereocenters. The predicted octanol–water partition coefficient (Wildman–Crippen LogP) is 4.24. The Bertz CT molecular complexity index is 740. The van der Waals surface area contributed by atoms with Gasteiger partial charge in [-0.05, 0) is 44.5 Å². The van der Waals surface area contributed by atoms with Gasteiger partial charge in [0, 0.05) is 0 Å². The van der Waals surface area contributed by atoms with Gasteiger partial charge >= 0.3 is 6.09 Å². The van der Waals surface area contributed by atoms with Crippen LogP contribution in [0.4, 0.5) is 4.79 Å². The Morgan fingerprint density at radius 1 is 1.10 bits per heavy atom. The van der Waals surface area contributed by atoms with Gasteiger partial charge in [-0.1, -0.05) is 51.1 Å². The minimum Gasteiger partial charge on any atom is -0.444 e. The Morgan fingerprint density at radius 3 is 2.23 bits per heavy atom. The number of β-lactam (4-membered cyclic amide) rings is 1. The third-order valence-corrected chi connectivity index (χ3v) is 9.98. The van der Waals surface area contributed by atoms with Crippen LogP contribution in [0.2, 0.25) is 18.1 Å². The summed E-state index contributed by atoms with van der Waals surface area (Å²) in [5.41, 5.74) is 0.311. The number of nitrogens with zero attached hydrogens (tertiary/aromatic N) is 1. The summed E-state index contributed by atoms with van der Waals surface area (Å²) >= 11 is 0. The van der Waals surface area contributed by atoms with E-state index in [4.69, 9.17) is 14.0 Å². The van der Waals surface area contributed by atoms with Gasteiger partial charge in [0.05, 0.1) is 6.61 Å². The maximum absolute atomic E-state index is 12.7. The summed E-state index contributed by atoms with van der Waals surface area (Å²) < 4.78 is 11.6. The van der Waals surface area contributed by atoms with E-state index >= 15 is 0 Å². The van der Waals surface area contributed by atoms with Gasteiger partial charge in [-0.2, -0.15) is 0 Å². The lowest BCUT2D eigenvalue weighted by atomic mass is 9.99. The van der Waals surface area contributed by atoms with Crippen molar-refractivity contribution in [2.75, 3.05) is 6.61 Å². The second-order valence-corrected chi connectivity index (χ2v) is 15.0. The molecular formula is C22H36N2O5Si. The van der Waals surface area contributed by atoms with Gasteiger partial charge in [-0.3, -0.25) is 9.63 Å². The van der Waals surface area contributed by atoms with Crippen LogP contribution in [0.5, 0.6) is 0 Å². The number of nitrogens with one attached hydrogen (secondary N) is 1. The Hall–Kier alpha value is -1.90. The van der Waals surface area contributed by atoms with Gasteiger partial charge in [0.15, 0.2) is 8.32 Å². The molecule has 0 spiro atoms. The van der Waals surface area contributed by atoms with E-state index in [1.54, 1.807) is 20.8 Å². The maximum Gasteiger partial charge on any atom is 0.408 e. The average Bonchev–Trinajstić information content (AvgIpc) is 2.60. The number of hydrogen-bond acceptors (Lipinski definition) is 5. The van der Waals surface area contributed by atoms with Crippen LogP contribution in [0.25, 0.3) is 0 Å². The fourth-order valence-corrected chi connectivity index (χ4v) is 3.68. The zero-order valence-corrected chi connectivity index (χ0v) is 20.4. The molecule has 1 aromatic rings. The molecule has 1 heterocycles. The first-order valence-electron chi connectivity index (χ1n) is 10.3. The number of benzene rings is 1. The maximum atomic E-state index is 12.7. The molecule has 8 heteroatoms. The number of carbonyl (C=O) groups is 2. The van der Waals surface area contributed by atoms with Crippen LogP contribution >= 0.6 is 0 Å². The minimum absolute atomic E-state index is 0.0323. The van der Waals surface area contributed by atoms with Crippen LogP contribution < -0.4 is 5.32 Å². The molecule has 1 aliphatic heterocycles. The Balaban J connectivity index is 2.07. The van der Waals surface area contributed by atoms with E-state index < -0.39 is 32.1 Å². The standard InChI is InChI=1S/C22H36N2O5Si/c1-21(2,3)29-20(26)23-18-17(15-28-30(7,8)22(4,5)6)24(19(18)25)27-14-16-12-10-9-11-13-16/h9-13,17-18H,14-15H2,1-8H3,(H,23,26)/t17-,18+/m1/s1.